The van der Waals surface area contributed by atoms with Crippen molar-refractivity contribution >= 4 is 27.6 Å². The molecular weight excluding hydrogens is 373 g/mol. The van der Waals surface area contributed by atoms with Crippen LogP contribution in [0.3, 0.4) is 0 Å². The van der Waals surface area contributed by atoms with Crippen molar-refractivity contribution in [2.75, 3.05) is 0 Å². The van der Waals surface area contributed by atoms with Gasteiger partial charge in [0.15, 0.2) is 5.78 Å². The molecule has 2 rings (SSSR count). The van der Waals surface area contributed by atoms with Crippen LogP contribution in [0.5, 0.6) is 0 Å². The highest BCUT2D eigenvalue weighted by Gasteiger charge is 2.18. The third-order valence-corrected chi connectivity index (χ3v) is 4.43. The molecule has 1 atom stereocenters. The maximum Gasteiger partial charge on any atom is 0.251 e. The summed E-state index contributed by atoms with van der Waals surface area (Å²) < 4.78 is 13.6. The minimum Gasteiger partial charge on any atom is -0.346 e. The van der Waals surface area contributed by atoms with E-state index in [0.717, 1.165) is 5.56 Å². The van der Waals surface area contributed by atoms with Crippen molar-refractivity contribution in [2.45, 2.75) is 26.8 Å². The van der Waals surface area contributed by atoms with Gasteiger partial charge in [-0.1, -0.05) is 41.9 Å². The number of hydrogen-bond donors (Lipinski definition) is 1. The molecule has 1 N–H and O–H groups in total. The third-order valence-electron chi connectivity index (χ3n) is 3.74. The monoisotopic (exact) mass is 391 g/mol. The Morgan fingerprint density at radius 3 is 2.25 bits per heavy atom. The standard InChI is InChI=1S/C19H19BrFNO2/c1-11(2)18(23)16-10-14(6-9-17(16)20)19(24)22-12(3)13-4-7-15(21)8-5-13/h4-12H,1-3H3,(H,22,24). The van der Waals surface area contributed by atoms with Crippen LogP contribution in [0, 0.1) is 11.7 Å². The maximum atomic E-state index is 13.0. The highest BCUT2D eigenvalue weighted by Crippen LogP contribution is 2.22. The van der Waals surface area contributed by atoms with Crippen molar-refractivity contribution in [3.05, 3.63) is 69.4 Å². The molecule has 0 aromatic heterocycles. The van der Waals surface area contributed by atoms with E-state index in [9.17, 15) is 14.0 Å². The number of carbonyl (C=O) groups excluding carboxylic acids is 2. The second kappa shape index (κ2) is 7.71. The molecule has 0 aliphatic heterocycles. The van der Waals surface area contributed by atoms with Gasteiger partial charge in [-0.15, -0.1) is 0 Å². The molecule has 0 spiro atoms. The number of benzene rings is 2. The first-order valence-electron chi connectivity index (χ1n) is 7.69. The molecule has 3 nitrogen and oxygen atoms in total. The van der Waals surface area contributed by atoms with Gasteiger partial charge in [-0.05, 0) is 42.8 Å². The number of amides is 1. The fourth-order valence-electron chi connectivity index (χ4n) is 2.28. The van der Waals surface area contributed by atoms with Gasteiger partial charge in [0.25, 0.3) is 5.91 Å². The van der Waals surface area contributed by atoms with Crippen molar-refractivity contribution < 1.29 is 14.0 Å². The Morgan fingerprint density at radius 2 is 1.67 bits per heavy atom. The lowest BCUT2D eigenvalue weighted by molar-refractivity contribution is 0.0938. The summed E-state index contributed by atoms with van der Waals surface area (Å²) in [4.78, 5) is 24.7. The SMILES string of the molecule is CC(C)C(=O)c1cc(C(=O)NC(C)c2ccc(F)cc2)ccc1Br. The van der Waals surface area contributed by atoms with Crippen LogP contribution in [-0.2, 0) is 0 Å². The zero-order valence-electron chi connectivity index (χ0n) is 13.8. The smallest absolute Gasteiger partial charge is 0.251 e. The largest absolute Gasteiger partial charge is 0.346 e. The molecule has 24 heavy (non-hydrogen) atoms. The summed E-state index contributed by atoms with van der Waals surface area (Å²) in [5.74, 6) is -0.778. The molecule has 0 aliphatic rings. The summed E-state index contributed by atoms with van der Waals surface area (Å²) in [7, 11) is 0. The predicted molar refractivity (Wildman–Crippen MR) is 95.6 cm³/mol. The van der Waals surface area contributed by atoms with Gasteiger partial charge in [0.1, 0.15) is 5.82 Å². The molecule has 5 heteroatoms. The summed E-state index contributed by atoms with van der Waals surface area (Å²) in [6, 6.07) is 10.7. The molecule has 2 aromatic rings. The zero-order valence-corrected chi connectivity index (χ0v) is 15.4. The van der Waals surface area contributed by atoms with E-state index in [-0.39, 0.29) is 29.5 Å². The summed E-state index contributed by atoms with van der Waals surface area (Å²) in [6.45, 7) is 5.46. The molecule has 0 fully saturated rings. The minimum atomic E-state index is -0.318. The fraction of sp³-hybridized carbons (Fsp3) is 0.263. The van der Waals surface area contributed by atoms with E-state index in [2.05, 4.69) is 21.2 Å². The van der Waals surface area contributed by atoms with E-state index in [1.807, 2.05) is 20.8 Å². The van der Waals surface area contributed by atoms with Crippen LogP contribution in [0.2, 0.25) is 0 Å². The fourth-order valence-corrected chi connectivity index (χ4v) is 2.72. The Balaban J connectivity index is 2.19. The predicted octanol–water partition coefficient (Wildman–Crippen LogP) is 4.92. The Kier molecular flexibility index (Phi) is 5.89. The lowest BCUT2D eigenvalue weighted by atomic mass is 9.99. The van der Waals surface area contributed by atoms with Gasteiger partial charge in [-0.2, -0.15) is 0 Å². The molecule has 1 amide bonds. The number of ketones is 1. The van der Waals surface area contributed by atoms with E-state index >= 15 is 0 Å². The van der Waals surface area contributed by atoms with Crippen molar-refractivity contribution in [1.82, 2.24) is 5.32 Å². The Labute approximate surface area is 149 Å². The van der Waals surface area contributed by atoms with Crippen LogP contribution < -0.4 is 5.32 Å². The van der Waals surface area contributed by atoms with Crippen molar-refractivity contribution in [1.29, 1.82) is 0 Å². The molecule has 0 heterocycles. The van der Waals surface area contributed by atoms with Crippen LogP contribution >= 0.6 is 15.9 Å². The normalized spacial score (nSPS) is 12.1. The maximum absolute atomic E-state index is 13.0. The van der Waals surface area contributed by atoms with Gasteiger partial charge in [0, 0.05) is 21.5 Å². The number of rotatable bonds is 5. The molecule has 0 bridgehead atoms. The van der Waals surface area contributed by atoms with Crippen LogP contribution in [-0.4, -0.2) is 11.7 Å². The highest BCUT2D eigenvalue weighted by molar-refractivity contribution is 9.10. The average molecular weight is 392 g/mol. The quantitative estimate of drug-likeness (QED) is 0.735. The first-order valence-corrected chi connectivity index (χ1v) is 8.49. The number of Topliss-reactive ketones (excluding diaryl/α,β-unsaturated/α-hetero) is 1. The van der Waals surface area contributed by atoms with E-state index in [1.54, 1.807) is 30.3 Å². The molecule has 1 unspecified atom stereocenters. The molecule has 126 valence electrons. The van der Waals surface area contributed by atoms with Crippen molar-refractivity contribution in [3.63, 3.8) is 0 Å². The third kappa shape index (κ3) is 4.29. The number of nitrogens with one attached hydrogen (secondary N) is 1. The Hall–Kier alpha value is -2.01. The van der Waals surface area contributed by atoms with E-state index in [4.69, 9.17) is 0 Å². The highest BCUT2D eigenvalue weighted by atomic mass is 79.9. The summed E-state index contributed by atoms with van der Waals surface area (Å²) in [5, 5.41) is 2.86. The van der Waals surface area contributed by atoms with E-state index in [0.29, 0.717) is 15.6 Å². The van der Waals surface area contributed by atoms with Gasteiger partial charge in [0.05, 0.1) is 6.04 Å². The number of halogens is 2. The van der Waals surface area contributed by atoms with Crippen LogP contribution in [0.4, 0.5) is 4.39 Å². The van der Waals surface area contributed by atoms with Gasteiger partial charge in [0.2, 0.25) is 0 Å². The van der Waals surface area contributed by atoms with Gasteiger partial charge in [-0.25, -0.2) is 4.39 Å². The Morgan fingerprint density at radius 1 is 1.04 bits per heavy atom. The lowest BCUT2D eigenvalue weighted by Crippen LogP contribution is -2.27. The molecule has 2 aromatic carbocycles. The molecule has 0 saturated carbocycles. The average Bonchev–Trinajstić information content (AvgIpc) is 2.54. The molecule has 0 radical (unpaired) electrons. The minimum absolute atomic E-state index is 0.0249. The second-order valence-corrected chi connectivity index (χ2v) is 6.81. The van der Waals surface area contributed by atoms with Crippen LogP contribution in [0.25, 0.3) is 0 Å². The first kappa shape index (κ1) is 18.3. The van der Waals surface area contributed by atoms with Gasteiger partial charge < -0.3 is 5.32 Å². The topological polar surface area (TPSA) is 46.2 Å². The van der Waals surface area contributed by atoms with E-state index in [1.165, 1.54) is 12.1 Å². The zero-order chi connectivity index (χ0) is 17.9. The van der Waals surface area contributed by atoms with Crippen LogP contribution in [0.15, 0.2) is 46.9 Å². The second-order valence-electron chi connectivity index (χ2n) is 5.96. The van der Waals surface area contributed by atoms with E-state index < -0.39 is 0 Å². The first-order chi connectivity index (χ1) is 11.3. The van der Waals surface area contributed by atoms with Crippen molar-refractivity contribution in [3.8, 4) is 0 Å². The molecule has 0 aliphatic carbocycles. The summed E-state index contributed by atoms with van der Waals surface area (Å²) >= 11 is 3.35. The van der Waals surface area contributed by atoms with Gasteiger partial charge >= 0.3 is 0 Å². The Bertz CT molecular complexity index is 756. The molecular formula is C19H19BrFNO2. The molecule has 0 saturated heterocycles. The number of hydrogen-bond acceptors (Lipinski definition) is 2. The van der Waals surface area contributed by atoms with Crippen LogP contribution in [0.1, 0.15) is 53.1 Å². The van der Waals surface area contributed by atoms with Gasteiger partial charge in [-0.3, -0.25) is 9.59 Å². The summed E-state index contributed by atoms with van der Waals surface area (Å²) in [6.07, 6.45) is 0. The number of carbonyl (C=O) groups is 2. The van der Waals surface area contributed by atoms with Crippen molar-refractivity contribution in [2.24, 2.45) is 5.92 Å². The lowest BCUT2D eigenvalue weighted by Gasteiger charge is -2.15. The summed E-state index contributed by atoms with van der Waals surface area (Å²) in [5.41, 5.74) is 1.71.